The molecule has 0 aliphatic carbocycles. The highest BCUT2D eigenvalue weighted by atomic mass is 16.5. The summed E-state index contributed by atoms with van der Waals surface area (Å²) < 4.78 is 28.7. The molecule has 0 radical (unpaired) electrons. The maximum Gasteiger partial charge on any atom is 0.329 e. The number of esters is 1. The number of likely N-dealkylation sites (tertiary alicyclic amines) is 1. The molecule has 0 spiro atoms. The van der Waals surface area contributed by atoms with Gasteiger partial charge in [0.2, 0.25) is 29.5 Å². The third-order valence-corrected chi connectivity index (χ3v) is 15.1. The zero-order valence-electron chi connectivity index (χ0n) is 47.7. The SMILES string of the molecule is CCC(C)C([C@@H](CC(=O)N1CCC[C@H]1C(OC)C(C)C(=O)NC(Cc1ccccc1)C(=O)OCc1ccc(OC)cc1OC)OC)N(C)C(=O)[C@@H](NC(=O)C(C(C)C)N(C)C(=O)CCCCCN1C(=O)C=CC1=O)C(C)C. The quantitative estimate of drug-likeness (QED) is 0.0542. The Morgan fingerprint density at radius 3 is 2.04 bits per heavy atom. The van der Waals surface area contributed by atoms with Crippen molar-refractivity contribution in [1.82, 2.24) is 30.2 Å². The lowest BCUT2D eigenvalue weighted by Gasteiger charge is -2.41. The van der Waals surface area contributed by atoms with E-state index in [-0.39, 0.29) is 79.7 Å². The van der Waals surface area contributed by atoms with E-state index in [4.69, 9.17) is 23.7 Å². The van der Waals surface area contributed by atoms with Crippen LogP contribution in [0.15, 0.2) is 60.7 Å². The van der Waals surface area contributed by atoms with Crippen LogP contribution in [-0.2, 0) is 65.6 Å². The largest absolute Gasteiger partial charge is 0.497 e. The summed E-state index contributed by atoms with van der Waals surface area (Å²) in [5, 5.41) is 5.92. The van der Waals surface area contributed by atoms with Crippen LogP contribution in [0.4, 0.5) is 0 Å². The molecule has 6 unspecified atom stereocenters. The first-order chi connectivity index (χ1) is 36.6. The lowest BCUT2D eigenvalue weighted by molar-refractivity contribution is -0.151. The molecule has 1 fully saturated rings. The molecule has 19 heteroatoms. The second-order valence-electron chi connectivity index (χ2n) is 21.0. The van der Waals surface area contributed by atoms with Gasteiger partial charge in [-0.25, -0.2) is 4.79 Å². The number of hydrogen-bond donors (Lipinski definition) is 2. The maximum atomic E-state index is 14.7. The second kappa shape index (κ2) is 30.6. The van der Waals surface area contributed by atoms with Gasteiger partial charge in [-0.3, -0.25) is 38.5 Å². The molecule has 19 nitrogen and oxygen atoms in total. The highest BCUT2D eigenvalue weighted by Crippen LogP contribution is 2.31. The Kier molecular flexibility index (Phi) is 25.1. The second-order valence-corrected chi connectivity index (χ2v) is 21.0. The number of carbonyl (C=O) groups excluding carboxylic acids is 8. The normalized spacial score (nSPS) is 17.5. The molecule has 7 amide bonds. The van der Waals surface area contributed by atoms with E-state index < -0.39 is 66.1 Å². The van der Waals surface area contributed by atoms with Gasteiger partial charge in [0.15, 0.2) is 0 Å². The van der Waals surface area contributed by atoms with Crippen molar-refractivity contribution in [1.29, 1.82) is 0 Å². The smallest absolute Gasteiger partial charge is 0.329 e. The van der Waals surface area contributed by atoms with Crippen LogP contribution in [0.1, 0.15) is 111 Å². The molecule has 2 aromatic rings. The molecule has 77 heavy (non-hydrogen) atoms. The molecule has 426 valence electrons. The maximum absolute atomic E-state index is 14.7. The Balaban J connectivity index is 1.45. The summed E-state index contributed by atoms with van der Waals surface area (Å²) in [6, 6.07) is 10.5. The van der Waals surface area contributed by atoms with E-state index in [2.05, 4.69) is 10.6 Å². The number of nitrogens with zero attached hydrogens (tertiary/aromatic N) is 4. The van der Waals surface area contributed by atoms with Gasteiger partial charge in [-0.05, 0) is 61.1 Å². The number of ether oxygens (including phenoxy) is 5. The Bertz CT molecular complexity index is 2330. The van der Waals surface area contributed by atoms with Crippen LogP contribution in [0.2, 0.25) is 0 Å². The van der Waals surface area contributed by atoms with E-state index >= 15 is 0 Å². The van der Waals surface area contributed by atoms with Crippen molar-refractivity contribution in [2.24, 2.45) is 23.7 Å². The summed E-state index contributed by atoms with van der Waals surface area (Å²) in [6.07, 6.45) is 4.70. The number of imide groups is 1. The fourth-order valence-electron chi connectivity index (χ4n) is 10.5. The van der Waals surface area contributed by atoms with E-state index in [9.17, 15) is 38.4 Å². The highest BCUT2D eigenvalue weighted by Gasteiger charge is 2.44. The number of benzene rings is 2. The van der Waals surface area contributed by atoms with Gasteiger partial charge in [-0.1, -0.05) is 91.6 Å². The van der Waals surface area contributed by atoms with Crippen LogP contribution in [0.25, 0.3) is 0 Å². The molecule has 0 bridgehead atoms. The van der Waals surface area contributed by atoms with Gasteiger partial charge in [0.1, 0.15) is 36.2 Å². The van der Waals surface area contributed by atoms with Gasteiger partial charge in [-0.2, -0.15) is 0 Å². The fraction of sp³-hybridized carbons (Fsp3) is 0.621. The number of methoxy groups -OCH3 is 4. The van der Waals surface area contributed by atoms with Gasteiger partial charge in [-0.15, -0.1) is 0 Å². The number of nitrogens with one attached hydrogen (secondary N) is 2. The summed E-state index contributed by atoms with van der Waals surface area (Å²) in [6.45, 7) is 13.6. The van der Waals surface area contributed by atoms with Crippen molar-refractivity contribution in [3.05, 3.63) is 71.8 Å². The summed E-state index contributed by atoms with van der Waals surface area (Å²) in [4.78, 5) is 115. The zero-order valence-corrected chi connectivity index (χ0v) is 47.7. The summed E-state index contributed by atoms with van der Waals surface area (Å²) in [5.74, 6) is -3.67. The average Bonchev–Trinajstić information content (AvgIpc) is 4.04. The Morgan fingerprint density at radius 2 is 1.45 bits per heavy atom. The number of amides is 7. The van der Waals surface area contributed by atoms with Gasteiger partial charge in [0, 0.05) is 78.0 Å². The topological polar surface area (TPSA) is 220 Å². The highest BCUT2D eigenvalue weighted by molar-refractivity contribution is 6.12. The molecule has 2 N–H and O–H groups in total. The molecule has 2 heterocycles. The first-order valence-electron chi connectivity index (χ1n) is 27.1. The Morgan fingerprint density at radius 1 is 0.779 bits per heavy atom. The molecule has 4 rings (SSSR count). The Hall–Kier alpha value is -6.34. The van der Waals surface area contributed by atoms with Gasteiger partial charge in [0.25, 0.3) is 11.8 Å². The minimum Gasteiger partial charge on any atom is -0.497 e. The third-order valence-electron chi connectivity index (χ3n) is 15.1. The van der Waals surface area contributed by atoms with E-state index in [1.54, 1.807) is 56.1 Å². The van der Waals surface area contributed by atoms with Crippen LogP contribution in [0, 0.1) is 23.7 Å². The van der Waals surface area contributed by atoms with E-state index in [0.717, 1.165) is 5.56 Å². The first-order valence-corrected chi connectivity index (χ1v) is 27.1. The third kappa shape index (κ3) is 17.1. The fourth-order valence-corrected chi connectivity index (χ4v) is 10.5. The number of likely N-dealkylation sites (N-methyl/N-ethyl adjacent to an activating group) is 2. The van der Waals surface area contributed by atoms with Crippen molar-refractivity contribution in [3.63, 3.8) is 0 Å². The van der Waals surface area contributed by atoms with Crippen molar-refractivity contribution >= 4 is 47.3 Å². The van der Waals surface area contributed by atoms with E-state index in [1.807, 2.05) is 71.9 Å². The first kappa shape index (κ1) is 63.2. The molecule has 9 atom stereocenters. The van der Waals surface area contributed by atoms with Crippen molar-refractivity contribution < 1.29 is 62.0 Å². The van der Waals surface area contributed by atoms with Crippen LogP contribution < -0.4 is 20.1 Å². The molecule has 2 aromatic carbocycles. The molecule has 0 saturated carbocycles. The van der Waals surface area contributed by atoms with Gasteiger partial charge in [0.05, 0.1) is 50.8 Å². The van der Waals surface area contributed by atoms with Crippen molar-refractivity contribution in [2.45, 2.75) is 155 Å². The summed E-state index contributed by atoms with van der Waals surface area (Å²) >= 11 is 0. The number of carbonyl (C=O) groups is 8. The van der Waals surface area contributed by atoms with Crippen LogP contribution in [0.3, 0.4) is 0 Å². The van der Waals surface area contributed by atoms with Crippen molar-refractivity contribution in [2.75, 3.05) is 55.6 Å². The van der Waals surface area contributed by atoms with E-state index in [1.165, 1.54) is 43.3 Å². The lowest BCUT2D eigenvalue weighted by atomic mass is 9.89. The predicted octanol–water partition coefficient (Wildman–Crippen LogP) is 5.50. The molecule has 2 aliphatic heterocycles. The molecular formula is C58H86N6O13. The van der Waals surface area contributed by atoms with Gasteiger partial charge >= 0.3 is 5.97 Å². The standard InChI is InChI=1S/C58H86N6O13/c1-14-38(6)53(62(9)57(71)51(36(2)3)60-56(70)52(37(4)5)61(8)47(65)25-19-16-20-30-64-48(66)28-29-49(64)67)46(75-12)34-50(68)63-31-21-24-44(63)54(76-13)39(7)55(69)59-43(32-40-22-17-15-18-23-40)58(72)77-35-41-26-27-42(73-10)33-45(41)74-11/h15,17-18,22-23,26-29,33,36-39,43-44,46,51-54H,14,16,19-21,24-25,30-32,34-35H2,1-13H3,(H,59,69)(H,60,70)/t38?,39?,43?,44-,46+,51-,52?,53?,54?/m0/s1. The minimum absolute atomic E-state index is 0.0899. The number of rotatable bonds is 31. The molecule has 2 aliphatic rings. The summed E-state index contributed by atoms with van der Waals surface area (Å²) in [5.41, 5.74) is 1.42. The predicted molar refractivity (Wildman–Crippen MR) is 290 cm³/mol. The van der Waals surface area contributed by atoms with Crippen LogP contribution >= 0.6 is 0 Å². The lowest BCUT2D eigenvalue weighted by Crippen LogP contribution is -2.60. The average molecular weight is 1080 g/mol. The van der Waals surface area contributed by atoms with E-state index in [0.29, 0.717) is 62.1 Å². The summed E-state index contributed by atoms with van der Waals surface area (Å²) in [7, 11) is 9.31. The van der Waals surface area contributed by atoms with Crippen LogP contribution in [0.5, 0.6) is 11.5 Å². The minimum atomic E-state index is -1.05. The molecular weight excluding hydrogens is 989 g/mol. The van der Waals surface area contributed by atoms with Crippen molar-refractivity contribution in [3.8, 4) is 11.5 Å². The monoisotopic (exact) mass is 1070 g/mol. The zero-order chi connectivity index (χ0) is 57.1. The Labute approximate surface area is 456 Å². The molecule has 1 saturated heterocycles. The van der Waals surface area contributed by atoms with Gasteiger partial charge < -0.3 is 49.0 Å². The number of unbranched alkanes of at least 4 members (excludes halogenated alkanes) is 2. The van der Waals surface area contributed by atoms with Crippen LogP contribution in [-0.4, -0.2) is 165 Å². The molecule has 0 aromatic heterocycles. The number of hydrogen-bond acceptors (Lipinski definition) is 13.